The minimum atomic E-state index is -4.44. The van der Waals surface area contributed by atoms with Crippen molar-refractivity contribution in [3.05, 3.63) is 111 Å². The van der Waals surface area contributed by atoms with Crippen LogP contribution in [0.15, 0.2) is 72.8 Å². The number of nitro groups is 1. The summed E-state index contributed by atoms with van der Waals surface area (Å²) in [6.45, 7) is 1.26. The van der Waals surface area contributed by atoms with Crippen molar-refractivity contribution in [2.45, 2.75) is 25.1 Å². The van der Waals surface area contributed by atoms with E-state index in [2.05, 4.69) is 17.0 Å². The molecule has 7 heteroatoms. The molecule has 0 aromatic heterocycles. The number of benzene rings is 3. The highest BCUT2D eigenvalue weighted by Gasteiger charge is 2.31. The van der Waals surface area contributed by atoms with Gasteiger partial charge in [0.25, 0.3) is 0 Å². The highest BCUT2D eigenvalue weighted by molar-refractivity contribution is 5.60. The van der Waals surface area contributed by atoms with Gasteiger partial charge in [0, 0.05) is 23.7 Å². The van der Waals surface area contributed by atoms with E-state index in [9.17, 15) is 23.3 Å². The highest BCUT2D eigenvalue weighted by Crippen LogP contribution is 2.35. The molecule has 160 valence electrons. The summed E-state index contributed by atoms with van der Waals surface area (Å²) >= 11 is 0. The summed E-state index contributed by atoms with van der Waals surface area (Å²) < 4.78 is 38.7. The Labute approximate surface area is 178 Å². The van der Waals surface area contributed by atoms with Crippen LogP contribution in [0.3, 0.4) is 0 Å². The molecular formula is C24H21F3N2O2. The molecule has 3 aromatic carbocycles. The van der Waals surface area contributed by atoms with Crippen molar-refractivity contribution < 1.29 is 18.1 Å². The number of fused-ring (bicyclic) bond motifs is 1. The monoisotopic (exact) mass is 426 g/mol. The van der Waals surface area contributed by atoms with Crippen LogP contribution in [0.1, 0.15) is 33.7 Å². The van der Waals surface area contributed by atoms with E-state index < -0.39 is 22.6 Å². The van der Waals surface area contributed by atoms with Crippen LogP contribution in [0.5, 0.6) is 0 Å². The molecule has 0 saturated heterocycles. The van der Waals surface area contributed by atoms with Crippen LogP contribution in [0.25, 0.3) is 0 Å². The smallest absolute Gasteiger partial charge is 0.367 e. The van der Waals surface area contributed by atoms with Crippen molar-refractivity contribution >= 4 is 5.69 Å². The summed E-state index contributed by atoms with van der Waals surface area (Å²) in [5, 5.41) is 11.3. The molecule has 0 N–H and O–H groups in total. The van der Waals surface area contributed by atoms with Gasteiger partial charge in [-0.25, -0.2) is 0 Å². The lowest BCUT2D eigenvalue weighted by Crippen LogP contribution is -2.19. The highest BCUT2D eigenvalue weighted by atomic mass is 19.4. The van der Waals surface area contributed by atoms with E-state index in [-0.39, 0.29) is 6.54 Å². The summed E-state index contributed by atoms with van der Waals surface area (Å²) in [5.74, 6) is -0.606. The molecule has 1 atom stereocenters. The lowest BCUT2D eigenvalue weighted by Gasteiger charge is -2.21. The first-order valence-corrected chi connectivity index (χ1v) is 10.0. The van der Waals surface area contributed by atoms with Crippen LogP contribution >= 0.6 is 0 Å². The van der Waals surface area contributed by atoms with E-state index >= 15 is 0 Å². The molecule has 31 heavy (non-hydrogen) atoms. The molecule has 4 rings (SSSR count). The number of anilines is 1. The Balaban J connectivity index is 1.61. The number of nitrogens with zero attached hydrogens (tertiary/aromatic N) is 2. The maximum atomic E-state index is 12.9. The maximum absolute atomic E-state index is 12.9. The summed E-state index contributed by atoms with van der Waals surface area (Å²) in [4.78, 5) is 13.1. The fraction of sp³-hybridized carbons (Fsp3) is 0.250. The molecule has 1 aliphatic rings. The summed E-state index contributed by atoms with van der Waals surface area (Å²) in [7, 11) is 0. The van der Waals surface area contributed by atoms with E-state index in [1.165, 1.54) is 17.7 Å². The van der Waals surface area contributed by atoms with Gasteiger partial charge < -0.3 is 4.90 Å². The van der Waals surface area contributed by atoms with E-state index in [0.29, 0.717) is 5.56 Å². The standard InChI is InChI=1S/C24H21F3N2O2/c25-24(26,27)21-9-6-18(7-10-21)22(16-29(30)31)19-8-11-23-20(14-19)12-13-28(23)15-17-4-2-1-3-5-17/h1-11,14,22H,12-13,15-16H2. The molecule has 0 spiro atoms. The van der Waals surface area contributed by atoms with Gasteiger partial charge in [0.2, 0.25) is 6.54 Å². The molecule has 1 aliphatic heterocycles. The zero-order chi connectivity index (χ0) is 22.0. The van der Waals surface area contributed by atoms with Crippen LogP contribution < -0.4 is 4.90 Å². The Morgan fingerprint density at radius 3 is 2.29 bits per heavy atom. The molecule has 0 fully saturated rings. The second-order valence-electron chi connectivity index (χ2n) is 7.73. The van der Waals surface area contributed by atoms with Gasteiger partial charge >= 0.3 is 6.18 Å². The Hall–Kier alpha value is -3.35. The predicted octanol–water partition coefficient (Wildman–Crippen LogP) is 5.68. The number of halogens is 3. The largest absolute Gasteiger partial charge is 0.416 e. The molecule has 1 unspecified atom stereocenters. The molecule has 0 saturated carbocycles. The van der Waals surface area contributed by atoms with Crippen LogP contribution in [0.4, 0.5) is 18.9 Å². The summed E-state index contributed by atoms with van der Waals surface area (Å²) in [5.41, 5.74) is 3.89. The van der Waals surface area contributed by atoms with Gasteiger partial charge in [-0.15, -0.1) is 0 Å². The average molecular weight is 426 g/mol. The average Bonchev–Trinajstić information content (AvgIpc) is 3.14. The zero-order valence-electron chi connectivity index (χ0n) is 16.7. The number of rotatable bonds is 6. The van der Waals surface area contributed by atoms with Crippen molar-refractivity contribution in [2.75, 3.05) is 18.0 Å². The molecule has 1 heterocycles. The topological polar surface area (TPSA) is 46.4 Å². The fourth-order valence-corrected chi connectivity index (χ4v) is 4.13. The SMILES string of the molecule is O=[N+]([O-])CC(c1ccc(C(F)(F)F)cc1)c1ccc2c(c1)CCN2Cc1ccccc1. The normalized spacial score (nSPS) is 14.4. The van der Waals surface area contributed by atoms with Crippen molar-refractivity contribution in [2.24, 2.45) is 0 Å². The van der Waals surface area contributed by atoms with Gasteiger partial charge in [0.05, 0.1) is 11.5 Å². The molecule has 0 aliphatic carbocycles. The van der Waals surface area contributed by atoms with E-state index in [1.807, 2.05) is 36.4 Å². The number of alkyl halides is 3. The van der Waals surface area contributed by atoms with Crippen molar-refractivity contribution in [3.63, 3.8) is 0 Å². The van der Waals surface area contributed by atoms with Crippen LogP contribution in [0, 0.1) is 10.1 Å². The van der Waals surface area contributed by atoms with Crippen molar-refractivity contribution in [3.8, 4) is 0 Å². The third kappa shape index (κ3) is 4.71. The van der Waals surface area contributed by atoms with Crippen LogP contribution in [-0.2, 0) is 19.1 Å². The van der Waals surface area contributed by atoms with Gasteiger partial charge in [-0.05, 0) is 46.9 Å². The summed E-state index contributed by atoms with van der Waals surface area (Å²) in [6.07, 6.45) is -3.61. The molecule has 0 radical (unpaired) electrons. The first-order chi connectivity index (χ1) is 14.8. The fourth-order valence-electron chi connectivity index (χ4n) is 4.13. The number of hydrogen-bond acceptors (Lipinski definition) is 3. The third-order valence-electron chi connectivity index (χ3n) is 5.69. The minimum Gasteiger partial charge on any atom is -0.367 e. The van der Waals surface area contributed by atoms with Crippen LogP contribution in [-0.4, -0.2) is 18.0 Å². The van der Waals surface area contributed by atoms with E-state index in [1.54, 1.807) is 0 Å². The molecule has 3 aromatic rings. The molecule has 0 amide bonds. The van der Waals surface area contributed by atoms with Crippen molar-refractivity contribution in [1.29, 1.82) is 0 Å². The lowest BCUT2D eigenvalue weighted by molar-refractivity contribution is -0.481. The molecular weight excluding hydrogens is 405 g/mol. The van der Waals surface area contributed by atoms with Gasteiger partial charge in [0.15, 0.2) is 0 Å². The number of hydrogen-bond donors (Lipinski definition) is 0. The van der Waals surface area contributed by atoms with Crippen LogP contribution in [0.2, 0.25) is 0 Å². The minimum absolute atomic E-state index is 0.377. The molecule has 0 bridgehead atoms. The molecule has 4 nitrogen and oxygen atoms in total. The Bertz CT molecular complexity index is 1070. The van der Waals surface area contributed by atoms with Gasteiger partial charge in [-0.2, -0.15) is 13.2 Å². The van der Waals surface area contributed by atoms with Gasteiger partial charge in [-0.3, -0.25) is 10.1 Å². The third-order valence-corrected chi connectivity index (χ3v) is 5.69. The van der Waals surface area contributed by atoms with E-state index in [4.69, 9.17) is 0 Å². The second kappa shape index (κ2) is 8.41. The Morgan fingerprint density at radius 2 is 1.65 bits per heavy atom. The zero-order valence-corrected chi connectivity index (χ0v) is 16.7. The Kier molecular flexibility index (Phi) is 5.67. The maximum Gasteiger partial charge on any atom is 0.416 e. The second-order valence-corrected chi connectivity index (χ2v) is 7.73. The van der Waals surface area contributed by atoms with Gasteiger partial charge in [-0.1, -0.05) is 54.6 Å². The summed E-state index contributed by atoms with van der Waals surface area (Å²) in [6, 6.07) is 20.6. The van der Waals surface area contributed by atoms with Crippen molar-refractivity contribution in [1.82, 2.24) is 0 Å². The van der Waals surface area contributed by atoms with Gasteiger partial charge in [0.1, 0.15) is 0 Å². The quantitative estimate of drug-likeness (QED) is 0.377. The Morgan fingerprint density at radius 1 is 0.968 bits per heavy atom. The van der Waals surface area contributed by atoms with E-state index in [0.717, 1.165) is 48.5 Å². The first kappa shape index (κ1) is 20.9. The predicted molar refractivity (Wildman–Crippen MR) is 113 cm³/mol. The first-order valence-electron chi connectivity index (χ1n) is 10.0. The lowest BCUT2D eigenvalue weighted by atomic mass is 9.89.